The van der Waals surface area contributed by atoms with Crippen molar-refractivity contribution < 1.29 is 14.7 Å². The molecule has 1 aromatic carbocycles. The van der Waals surface area contributed by atoms with Gasteiger partial charge in [-0.25, -0.2) is 0 Å². The minimum atomic E-state index is -0.765. The third kappa shape index (κ3) is 4.55. The number of likely N-dealkylation sites (N-methyl/N-ethyl adjacent to an activating group) is 1. The quantitative estimate of drug-likeness (QED) is 0.865. The van der Waals surface area contributed by atoms with Crippen molar-refractivity contribution >= 4 is 27.8 Å². The maximum Gasteiger partial charge on any atom is 0.307 e. The highest BCUT2D eigenvalue weighted by Crippen LogP contribution is 2.19. The van der Waals surface area contributed by atoms with Gasteiger partial charge in [-0.15, -0.1) is 0 Å². The fraction of sp³-hybridized carbons (Fsp3) is 0.500. The number of aliphatic carboxylic acids is 1. The highest BCUT2D eigenvalue weighted by molar-refractivity contribution is 9.10. The summed E-state index contributed by atoms with van der Waals surface area (Å²) in [6, 6.07) is 7.82. The van der Waals surface area contributed by atoms with Crippen molar-refractivity contribution in [1.29, 1.82) is 0 Å². The molecule has 0 aliphatic carbocycles. The van der Waals surface area contributed by atoms with Gasteiger partial charge in [0.25, 0.3) is 0 Å². The lowest BCUT2D eigenvalue weighted by molar-refractivity contribution is -0.144. The second-order valence-electron chi connectivity index (χ2n) is 5.75. The topological polar surface area (TPSA) is 60.9 Å². The number of carbonyl (C=O) groups excluding carboxylic acids is 1. The van der Waals surface area contributed by atoms with Crippen LogP contribution in [-0.4, -0.2) is 53.5 Å². The average molecular weight is 369 g/mol. The molecule has 0 saturated carbocycles. The third-order valence-corrected chi connectivity index (χ3v) is 4.78. The summed E-state index contributed by atoms with van der Waals surface area (Å²) in [7, 11) is 1.78. The Morgan fingerprint density at radius 2 is 2.14 bits per heavy atom. The van der Waals surface area contributed by atoms with E-state index in [2.05, 4.69) is 15.9 Å². The molecule has 0 unspecified atom stereocenters. The van der Waals surface area contributed by atoms with Crippen LogP contribution in [0.2, 0.25) is 0 Å². The lowest BCUT2D eigenvalue weighted by Gasteiger charge is -2.31. The van der Waals surface area contributed by atoms with Gasteiger partial charge in [0.05, 0.1) is 12.5 Å². The van der Waals surface area contributed by atoms with Gasteiger partial charge >= 0.3 is 5.97 Å². The van der Waals surface area contributed by atoms with E-state index in [0.717, 1.165) is 23.0 Å². The fourth-order valence-corrected chi connectivity index (χ4v) is 3.09. The van der Waals surface area contributed by atoms with Crippen LogP contribution in [0, 0.1) is 5.92 Å². The minimum absolute atomic E-state index is 0.0155. The molecule has 5 nitrogen and oxygen atoms in total. The minimum Gasteiger partial charge on any atom is -0.481 e. The van der Waals surface area contributed by atoms with E-state index < -0.39 is 5.97 Å². The van der Waals surface area contributed by atoms with E-state index in [1.54, 1.807) is 11.9 Å². The lowest BCUT2D eigenvalue weighted by atomic mass is 9.98. The molecule has 1 heterocycles. The number of rotatable bonds is 5. The highest BCUT2D eigenvalue weighted by atomic mass is 79.9. The number of hydrogen-bond donors (Lipinski definition) is 1. The first-order valence-electron chi connectivity index (χ1n) is 7.40. The van der Waals surface area contributed by atoms with Crippen LogP contribution in [0.15, 0.2) is 28.7 Å². The van der Waals surface area contributed by atoms with Crippen LogP contribution in [0.4, 0.5) is 0 Å². The first-order chi connectivity index (χ1) is 10.5. The van der Waals surface area contributed by atoms with E-state index in [-0.39, 0.29) is 18.4 Å². The van der Waals surface area contributed by atoms with Crippen LogP contribution in [0.3, 0.4) is 0 Å². The number of hydrogen-bond acceptors (Lipinski definition) is 3. The first-order valence-corrected chi connectivity index (χ1v) is 8.19. The van der Waals surface area contributed by atoms with Crippen molar-refractivity contribution in [2.24, 2.45) is 5.92 Å². The second-order valence-corrected chi connectivity index (χ2v) is 6.61. The maximum absolute atomic E-state index is 12.3. The molecule has 1 N–H and O–H groups in total. The third-order valence-electron chi connectivity index (χ3n) is 4.00. The summed E-state index contributed by atoms with van der Waals surface area (Å²) in [6.45, 7) is 2.07. The van der Waals surface area contributed by atoms with Crippen LogP contribution in [-0.2, 0) is 16.1 Å². The van der Waals surface area contributed by atoms with Crippen LogP contribution in [0.1, 0.15) is 18.4 Å². The molecule has 0 bridgehead atoms. The summed E-state index contributed by atoms with van der Waals surface area (Å²) in [6.07, 6.45) is 1.53. The smallest absolute Gasteiger partial charge is 0.307 e. The van der Waals surface area contributed by atoms with Gasteiger partial charge in [0.15, 0.2) is 0 Å². The molecule has 1 aliphatic rings. The Bertz CT molecular complexity index is 550. The number of amides is 1. The number of carboxylic acids is 1. The molecule has 22 heavy (non-hydrogen) atoms. The molecule has 1 atom stereocenters. The van der Waals surface area contributed by atoms with Crippen LogP contribution in [0.25, 0.3) is 0 Å². The molecule has 1 fully saturated rings. The van der Waals surface area contributed by atoms with Gasteiger partial charge in [-0.1, -0.05) is 34.1 Å². The molecular formula is C16H21BrN2O3. The summed E-state index contributed by atoms with van der Waals surface area (Å²) in [4.78, 5) is 27.0. The monoisotopic (exact) mass is 368 g/mol. The lowest BCUT2D eigenvalue weighted by Crippen LogP contribution is -2.44. The fourth-order valence-electron chi connectivity index (χ4n) is 2.68. The molecule has 1 aromatic rings. The van der Waals surface area contributed by atoms with Gasteiger partial charge < -0.3 is 10.0 Å². The summed E-state index contributed by atoms with van der Waals surface area (Å²) in [5.41, 5.74) is 1.06. The first kappa shape index (κ1) is 17.0. The summed E-state index contributed by atoms with van der Waals surface area (Å²) in [5.74, 6) is -1.10. The number of carboxylic acid groups (broad SMARTS) is 1. The van der Waals surface area contributed by atoms with Crippen molar-refractivity contribution in [3.63, 3.8) is 0 Å². The average Bonchev–Trinajstić information content (AvgIpc) is 2.49. The van der Waals surface area contributed by atoms with E-state index in [1.165, 1.54) is 0 Å². The highest BCUT2D eigenvalue weighted by Gasteiger charge is 2.27. The summed E-state index contributed by atoms with van der Waals surface area (Å²) < 4.78 is 0.985. The van der Waals surface area contributed by atoms with Crippen LogP contribution in [0.5, 0.6) is 0 Å². The van der Waals surface area contributed by atoms with Crippen molar-refractivity contribution in [3.8, 4) is 0 Å². The Morgan fingerprint density at radius 1 is 1.41 bits per heavy atom. The van der Waals surface area contributed by atoms with Gasteiger partial charge in [0, 0.05) is 24.6 Å². The summed E-state index contributed by atoms with van der Waals surface area (Å²) >= 11 is 3.48. The molecule has 6 heteroatoms. The van der Waals surface area contributed by atoms with Gasteiger partial charge in [0.2, 0.25) is 5.91 Å². The molecule has 0 radical (unpaired) electrons. The Hall–Kier alpha value is -1.40. The van der Waals surface area contributed by atoms with Crippen LogP contribution >= 0.6 is 15.9 Å². The van der Waals surface area contributed by atoms with Gasteiger partial charge in [0.1, 0.15) is 0 Å². The SMILES string of the molecule is CN(Cc1ccccc1Br)C(=O)CN1CCC[C@@H](C(=O)O)C1. The van der Waals surface area contributed by atoms with Gasteiger partial charge in [-0.05, 0) is 31.0 Å². The molecule has 1 saturated heterocycles. The summed E-state index contributed by atoms with van der Waals surface area (Å²) in [5, 5.41) is 9.10. The molecule has 1 aliphatic heterocycles. The number of benzene rings is 1. The Balaban J connectivity index is 1.88. The van der Waals surface area contributed by atoms with Crippen molar-refractivity contribution in [2.45, 2.75) is 19.4 Å². The number of piperidine rings is 1. The van der Waals surface area contributed by atoms with Gasteiger partial charge in [-0.2, -0.15) is 0 Å². The van der Waals surface area contributed by atoms with E-state index in [9.17, 15) is 9.59 Å². The molecule has 120 valence electrons. The normalized spacial score (nSPS) is 18.9. The molecule has 1 amide bonds. The predicted octanol–water partition coefficient (Wildman–Crippen LogP) is 2.20. The van der Waals surface area contributed by atoms with Crippen molar-refractivity contribution in [2.75, 3.05) is 26.7 Å². The van der Waals surface area contributed by atoms with Crippen molar-refractivity contribution in [3.05, 3.63) is 34.3 Å². The van der Waals surface area contributed by atoms with Crippen molar-refractivity contribution in [1.82, 2.24) is 9.80 Å². The number of nitrogens with zero attached hydrogens (tertiary/aromatic N) is 2. The standard InChI is InChI=1S/C16H21BrN2O3/c1-18(9-12-5-2-3-7-14(12)17)15(20)11-19-8-4-6-13(10-19)16(21)22/h2-3,5,7,13H,4,6,8-11H2,1H3,(H,21,22)/t13-/m1/s1. The zero-order valence-electron chi connectivity index (χ0n) is 12.7. The van der Waals surface area contributed by atoms with E-state index in [4.69, 9.17) is 5.11 Å². The van der Waals surface area contributed by atoms with Crippen LogP contribution < -0.4 is 0 Å². The van der Waals surface area contributed by atoms with E-state index >= 15 is 0 Å². The molecule has 0 spiro atoms. The zero-order chi connectivity index (χ0) is 16.1. The van der Waals surface area contributed by atoms with Gasteiger partial charge in [-0.3, -0.25) is 14.5 Å². The molecular weight excluding hydrogens is 348 g/mol. The molecule has 2 rings (SSSR count). The second kappa shape index (κ2) is 7.74. The number of halogens is 1. The molecule has 0 aromatic heterocycles. The van der Waals surface area contributed by atoms with E-state index in [0.29, 0.717) is 19.5 Å². The zero-order valence-corrected chi connectivity index (χ0v) is 14.3. The predicted molar refractivity (Wildman–Crippen MR) is 87.4 cm³/mol. The Kier molecular flexibility index (Phi) is 5.97. The Labute approximate surface area is 139 Å². The Morgan fingerprint density at radius 3 is 2.82 bits per heavy atom. The number of carbonyl (C=O) groups is 2. The largest absolute Gasteiger partial charge is 0.481 e. The number of likely N-dealkylation sites (tertiary alicyclic amines) is 1. The maximum atomic E-state index is 12.3. The van der Waals surface area contributed by atoms with E-state index in [1.807, 2.05) is 29.2 Å².